The number of nitrogens with one attached hydrogen (secondary N) is 1. The second-order valence-electron chi connectivity index (χ2n) is 4.51. The Balaban J connectivity index is 1.87. The Hall–Kier alpha value is -2.54. The Kier molecular flexibility index (Phi) is 3.49. The summed E-state index contributed by atoms with van der Waals surface area (Å²) in [6.45, 7) is 1.85. The largest absolute Gasteiger partial charge is 0.345 e. The molecule has 0 saturated heterocycles. The molecule has 6 nitrogen and oxygen atoms in total. The monoisotopic (exact) mass is 300 g/mol. The van der Waals surface area contributed by atoms with Gasteiger partial charge in [0.05, 0.1) is 6.04 Å². The van der Waals surface area contributed by atoms with E-state index in [1.165, 1.54) is 21.9 Å². The van der Waals surface area contributed by atoms with Gasteiger partial charge in [0.15, 0.2) is 4.96 Å². The summed E-state index contributed by atoms with van der Waals surface area (Å²) < 4.78 is 1.37. The van der Waals surface area contributed by atoms with Crippen molar-refractivity contribution in [1.82, 2.24) is 19.7 Å². The minimum absolute atomic E-state index is 0.0341. The van der Waals surface area contributed by atoms with Gasteiger partial charge in [-0.25, -0.2) is 4.98 Å². The summed E-state index contributed by atoms with van der Waals surface area (Å²) in [7, 11) is 0. The Labute approximate surface area is 124 Å². The summed E-state index contributed by atoms with van der Waals surface area (Å²) >= 11 is 1.35. The van der Waals surface area contributed by atoms with Crippen LogP contribution in [0.25, 0.3) is 4.96 Å². The lowest BCUT2D eigenvalue weighted by Gasteiger charge is -2.13. The molecule has 0 spiro atoms. The number of pyridine rings is 1. The molecule has 0 fully saturated rings. The summed E-state index contributed by atoms with van der Waals surface area (Å²) in [5, 5.41) is 4.55. The van der Waals surface area contributed by atoms with Gasteiger partial charge < -0.3 is 5.32 Å². The van der Waals surface area contributed by atoms with Gasteiger partial charge in [-0.05, 0) is 24.6 Å². The van der Waals surface area contributed by atoms with E-state index in [-0.39, 0.29) is 17.2 Å². The topological polar surface area (TPSA) is 76.4 Å². The number of thiazole rings is 1. The van der Waals surface area contributed by atoms with Gasteiger partial charge in [0, 0.05) is 30.2 Å². The zero-order chi connectivity index (χ0) is 14.8. The second kappa shape index (κ2) is 5.45. The standard InChI is InChI=1S/C14H12N4O2S/c1-9(10-2-4-15-5-3-10)17-12(19)11-8-16-14-18(13(11)20)6-7-21-14/h2-9H,1H3,(H,17,19). The normalized spacial score (nSPS) is 12.2. The van der Waals surface area contributed by atoms with Crippen LogP contribution in [-0.4, -0.2) is 20.3 Å². The number of nitrogens with zero attached hydrogens (tertiary/aromatic N) is 3. The van der Waals surface area contributed by atoms with Crippen LogP contribution in [0, 0.1) is 0 Å². The lowest BCUT2D eigenvalue weighted by atomic mass is 10.1. The third kappa shape index (κ3) is 2.55. The predicted molar refractivity (Wildman–Crippen MR) is 79.5 cm³/mol. The fraction of sp³-hybridized carbons (Fsp3) is 0.143. The lowest BCUT2D eigenvalue weighted by molar-refractivity contribution is 0.0938. The summed E-state index contributed by atoms with van der Waals surface area (Å²) in [4.78, 5) is 33.1. The first-order chi connectivity index (χ1) is 10.2. The Bertz CT molecular complexity index is 841. The molecule has 3 heterocycles. The third-order valence-electron chi connectivity index (χ3n) is 3.14. The van der Waals surface area contributed by atoms with E-state index >= 15 is 0 Å². The van der Waals surface area contributed by atoms with E-state index < -0.39 is 5.91 Å². The van der Waals surface area contributed by atoms with Crippen LogP contribution in [0.4, 0.5) is 0 Å². The van der Waals surface area contributed by atoms with Crippen LogP contribution >= 0.6 is 11.3 Å². The van der Waals surface area contributed by atoms with Crippen molar-refractivity contribution in [3.8, 4) is 0 Å². The fourth-order valence-electron chi connectivity index (χ4n) is 1.99. The van der Waals surface area contributed by atoms with Gasteiger partial charge in [-0.3, -0.25) is 19.0 Å². The van der Waals surface area contributed by atoms with Gasteiger partial charge in [-0.2, -0.15) is 0 Å². The third-order valence-corrected chi connectivity index (χ3v) is 3.91. The maximum atomic E-state index is 12.2. The maximum Gasteiger partial charge on any atom is 0.271 e. The van der Waals surface area contributed by atoms with Crippen LogP contribution in [0.2, 0.25) is 0 Å². The summed E-state index contributed by atoms with van der Waals surface area (Å²) in [6, 6.07) is 3.42. The minimum Gasteiger partial charge on any atom is -0.345 e. The van der Waals surface area contributed by atoms with Crippen LogP contribution in [0.15, 0.2) is 47.1 Å². The van der Waals surface area contributed by atoms with Crippen molar-refractivity contribution >= 4 is 22.2 Å². The summed E-state index contributed by atoms with van der Waals surface area (Å²) in [6.07, 6.45) is 6.25. The zero-order valence-electron chi connectivity index (χ0n) is 11.2. The van der Waals surface area contributed by atoms with Crippen LogP contribution in [0.5, 0.6) is 0 Å². The molecule has 3 aromatic rings. The van der Waals surface area contributed by atoms with Gasteiger partial charge in [0.25, 0.3) is 11.5 Å². The van der Waals surface area contributed by atoms with E-state index in [4.69, 9.17) is 0 Å². The number of hydrogen-bond donors (Lipinski definition) is 1. The van der Waals surface area contributed by atoms with E-state index in [0.29, 0.717) is 4.96 Å². The molecular formula is C14H12N4O2S. The van der Waals surface area contributed by atoms with Crippen molar-refractivity contribution in [3.63, 3.8) is 0 Å². The average Bonchev–Trinajstić information content (AvgIpc) is 2.98. The molecule has 0 bridgehead atoms. The van der Waals surface area contributed by atoms with Crippen molar-refractivity contribution in [2.45, 2.75) is 13.0 Å². The smallest absolute Gasteiger partial charge is 0.271 e. The number of carbonyl (C=O) groups is 1. The quantitative estimate of drug-likeness (QED) is 0.798. The van der Waals surface area contributed by atoms with Crippen LogP contribution in [0.1, 0.15) is 28.9 Å². The fourth-order valence-corrected chi connectivity index (χ4v) is 2.67. The van der Waals surface area contributed by atoms with Gasteiger partial charge in [-0.1, -0.05) is 0 Å². The highest BCUT2D eigenvalue weighted by molar-refractivity contribution is 7.15. The Morgan fingerprint density at radius 3 is 2.90 bits per heavy atom. The SMILES string of the molecule is CC(NC(=O)c1cnc2sccn2c1=O)c1ccncc1. The van der Waals surface area contributed by atoms with E-state index in [9.17, 15) is 9.59 Å². The predicted octanol–water partition coefficient (Wildman–Crippen LogP) is 1.64. The van der Waals surface area contributed by atoms with Crippen LogP contribution < -0.4 is 10.9 Å². The van der Waals surface area contributed by atoms with Crippen LogP contribution in [0.3, 0.4) is 0 Å². The highest BCUT2D eigenvalue weighted by atomic mass is 32.1. The highest BCUT2D eigenvalue weighted by Gasteiger charge is 2.16. The van der Waals surface area contributed by atoms with Crippen molar-refractivity contribution in [2.75, 3.05) is 0 Å². The maximum absolute atomic E-state index is 12.2. The Morgan fingerprint density at radius 1 is 1.38 bits per heavy atom. The molecule has 7 heteroatoms. The molecule has 0 aromatic carbocycles. The van der Waals surface area contributed by atoms with E-state index in [1.807, 2.05) is 19.1 Å². The van der Waals surface area contributed by atoms with Gasteiger partial charge >= 0.3 is 0 Å². The molecule has 1 amide bonds. The Morgan fingerprint density at radius 2 is 2.14 bits per heavy atom. The number of amides is 1. The highest BCUT2D eigenvalue weighted by Crippen LogP contribution is 2.11. The number of rotatable bonds is 3. The molecular weight excluding hydrogens is 288 g/mol. The molecule has 0 aliphatic rings. The van der Waals surface area contributed by atoms with E-state index in [1.54, 1.807) is 24.0 Å². The van der Waals surface area contributed by atoms with E-state index in [2.05, 4.69) is 15.3 Å². The van der Waals surface area contributed by atoms with Crippen molar-refractivity contribution < 1.29 is 4.79 Å². The zero-order valence-corrected chi connectivity index (χ0v) is 12.0. The average molecular weight is 300 g/mol. The molecule has 1 unspecified atom stereocenters. The molecule has 3 rings (SSSR count). The van der Waals surface area contributed by atoms with Crippen molar-refractivity contribution in [1.29, 1.82) is 0 Å². The molecule has 1 atom stereocenters. The number of fused-ring (bicyclic) bond motifs is 1. The molecule has 3 aromatic heterocycles. The molecule has 21 heavy (non-hydrogen) atoms. The number of aromatic nitrogens is 3. The molecule has 0 aliphatic heterocycles. The van der Waals surface area contributed by atoms with E-state index in [0.717, 1.165) is 5.56 Å². The van der Waals surface area contributed by atoms with Gasteiger partial charge in [0.1, 0.15) is 5.56 Å². The summed E-state index contributed by atoms with van der Waals surface area (Å²) in [5.41, 5.74) is 0.593. The molecule has 106 valence electrons. The first-order valence-corrected chi connectivity index (χ1v) is 7.20. The lowest BCUT2D eigenvalue weighted by Crippen LogP contribution is -2.32. The van der Waals surface area contributed by atoms with Gasteiger partial charge in [0.2, 0.25) is 0 Å². The number of carbonyl (C=O) groups excluding carboxylic acids is 1. The molecule has 1 N–H and O–H groups in total. The molecule has 0 aliphatic carbocycles. The van der Waals surface area contributed by atoms with Gasteiger partial charge in [-0.15, -0.1) is 11.3 Å². The molecule has 0 saturated carbocycles. The minimum atomic E-state index is -0.433. The van der Waals surface area contributed by atoms with Crippen molar-refractivity contribution in [3.05, 3.63) is 63.8 Å². The van der Waals surface area contributed by atoms with Crippen LogP contribution in [-0.2, 0) is 0 Å². The molecule has 0 radical (unpaired) electrons. The number of hydrogen-bond acceptors (Lipinski definition) is 5. The first-order valence-electron chi connectivity index (χ1n) is 6.32. The van der Waals surface area contributed by atoms with Crippen molar-refractivity contribution in [2.24, 2.45) is 0 Å². The second-order valence-corrected chi connectivity index (χ2v) is 5.38. The first kappa shape index (κ1) is 13.4. The summed E-state index contributed by atoms with van der Waals surface area (Å²) in [5.74, 6) is -0.433.